The monoisotopic (exact) mass is 563 g/mol. The standard InChI is InChI=1S/C38H49N3O/c1-3-36-34(28(2)23-24-39-36)21-10-19-33(42)18-9-14-29-11-8-17-32(25-29)31-15-6-12-30(13-7-16-31)26-38-35-20-4-5-22-37(35)40-27-41-38/h4,8,11,17,20,23-25,27,30-31H,3,5-7,9-10,12-16,18-19,21-22,26H2,1-2H3. The van der Waals surface area contributed by atoms with Gasteiger partial charge in [0.25, 0.3) is 0 Å². The molecular formula is C38H49N3O. The number of aromatic nitrogens is 3. The van der Waals surface area contributed by atoms with Gasteiger partial charge in [0, 0.05) is 30.3 Å². The molecule has 5 rings (SSSR count). The number of benzene rings is 1. The fourth-order valence-electron chi connectivity index (χ4n) is 7.23. The van der Waals surface area contributed by atoms with Crippen LogP contribution >= 0.6 is 0 Å². The highest BCUT2D eigenvalue weighted by Crippen LogP contribution is 2.35. The van der Waals surface area contributed by atoms with Crippen molar-refractivity contribution in [2.24, 2.45) is 5.92 Å². The number of pyridine rings is 1. The number of ketones is 1. The molecule has 4 heteroatoms. The zero-order chi connectivity index (χ0) is 29.1. The van der Waals surface area contributed by atoms with Crippen LogP contribution in [-0.2, 0) is 36.9 Å². The Morgan fingerprint density at radius 2 is 1.74 bits per heavy atom. The van der Waals surface area contributed by atoms with Gasteiger partial charge in [-0.1, -0.05) is 69.0 Å². The van der Waals surface area contributed by atoms with Crippen LogP contribution in [0, 0.1) is 12.8 Å². The first-order valence-electron chi connectivity index (χ1n) is 16.6. The van der Waals surface area contributed by atoms with Crippen LogP contribution in [0.2, 0.25) is 0 Å². The van der Waals surface area contributed by atoms with E-state index in [4.69, 9.17) is 4.98 Å². The second kappa shape index (κ2) is 15.4. The number of aryl methyl sites for hydroxylation is 4. The van der Waals surface area contributed by atoms with Crippen molar-refractivity contribution in [2.45, 2.75) is 122 Å². The zero-order valence-electron chi connectivity index (χ0n) is 25.9. The van der Waals surface area contributed by atoms with Gasteiger partial charge in [0.05, 0.1) is 11.4 Å². The van der Waals surface area contributed by atoms with Gasteiger partial charge in [-0.25, -0.2) is 9.97 Å². The quantitative estimate of drug-likeness (QED) is 0.221. The molecular weight excluding hydrogens is 514 g/mol. The van der Waals surface area contributed by atoms with Crippen molar-refractivity contribution in [1.29, 1.82) is 0 Å². The second-order valence-corrected chi connectivity index (χ2v) is 12.6. The molecule has 42 heavy (non-hydrogen) atoms. The number of rotatable bonds is 12. The summed E-state index contributed by atoms with van der Waals surface area (Å²) in [7, 11) is 0. The number of allylic oxidation sites excluding steroid dienone is 1. The Morgan fingerprint density at radius 3 is 2.55 bits per heavy atom. The molecule has 0 radical (unpaired) electrons. The molecule has 0 N–H and O–H groups in total. The van der Waals surface area contributed by atoms with Crippen molar-refractivity contribution in [3.63, 3.8) is 0 Å². The van der Waals surface area contributed by atoms with Crippen LogP contribution in [-0.4, -0.2) is 20.7 Å². The van der Waals surface area contributed by atoms with Crippen molar-refractivity contribution >= 4 is 11.9 Å². The minimum atomic E-state index is 0.402. The first kappa shape index (κ1) is 30.3. The number of hydrogen-bond acceptors (Lipinski definition) is 4. The van der Waals surface area contributed by atoms with Gasteiger partial charge in [0.15, 0.2) is 0 Å². The van der Waals surface area contributed by atoms with Crippen molar-refractivity contribution in [1.82, 2.24) is 15.0 Å². The Bertz CT molecular complexity index is 1350. The molecule has 0 aliphatic heterocycles. The molecule has 222 valence electrons. The lowest BCUT2D eigenvalue weighted by Crippen LogP contribution is -2.14. The molecule has 1 saturated carbocycles. The molecule has 0 saturated heterocycles. The minimum Gasteiger partial charge on any atom is -0.300 e. The van der Waals surface area contributed by atoms with E-state index < -0.39 is 0 Å². The van der Waals surface area contributed by atoms with Crippen LogP contribution in [0.4, 0.5) is 0 Å². The Balaban J connectivity index is 1.05. The molecule has 3 aromatic rings. The van der Waals surface area contributed by atoms with E-state index >= 15 is 0 Å². The Morgan fingerprint density at radius 1 is 0.929 bits per heavy atom. The summed E-state index contributed by atoms with van der Waals surface area (Å²) in [5.74, 6) is 1.79. The fourth-order valence-corrected chi connectivity index (χ4v) is 7.23. The maximum absolute atomic E-state index is 12.6. The van der Waals surface area contributed by atoms with Gasteiger partial charge in [-0.2, -0.15) is 0 Å². The van der Waals surface area contributed by atoms with Crippen molar-refractivity contribution in [2.75, 3.05) is 0 Å². The van der Waals surface area contributed by atoms with Gasteiger partial charge in [-0.15, -0.1) is 0 Å². The SMILES string of the molecule is CCc1nccc(C)c1CCCC(=O)CCCc1cccc(C2CCCC(Cc3ncnc4c3C=CCC4)CCC2)c1. The predicted molar refractivity (Wildman–Crippen MR) is 173 cm³/mol. The minimum absolute atomic E-state index is 0.402. The van der Waals surface area contributed by atoms with Crippen molar-refractivity contribution < 1.29 is 4.79 Å². The summed E-state index contributed by atoms with van der Waals surface area (Å²) < 4.78 is 0. The van der Waals surface area contributed by atoms with Gasteiger partial charge in [0.1, 0.15) is 12.1 Å². The molecule has 0 spiro atoms. The largest absolute Gasteiger partial charge is 0.300 e. The smallest absolute Gasteiger partial charge is 0.132 e. The van der Waals surface area contributed by atoms with E-state index in [2.05, 4.69) is 66.3 Å². The van der Waals surface area contributed by atoms with E-state index in [0.29, 0.717) is 24.5 Å². The molecule has 0 bridgehead atoms. The van der Waals surface area contributed by atoms with Crippen molar-refractivity contribution in [3.05, 3.63) is 93.8 Å². The molecule has 0 amide bonds. The van der Waals surface area contributed by atoms with E-state index in [1.54, 1.807) is 6.33 Å². The van der Waals surface area contributed by atoms with Crippen LogP contribution in [0.5, 0.6) is 0 Å². The summed E-state index contributed by atoms with van der Waals surface area (Å²) in [6, 6.07) is 11.3. The Kier molecular flexibility index (Phi) is 11.1. The molecule has 2 aromatic heterocycles. The van der Waals surface area contributed by atoms with Gasteiger partial charge in [0.2, 0.25) is 0 Å². The van der Waals surface area contributed by atoms with E-state index in [1.807, 2.05) is 6.20 Å². The topological polar surface area (TPSA) is 55.7 Å². The lowest BCUT2D eigenvalue weighted by Gasteiger charge is -2.26. The molecule has 2 aliphatic carbocycles. The predicted octanol–water partition coefficient (Wildman–Crippen LogP) is 8.91. The molecule has 2 aliphatic rings. The number of hydrogen-bond donors (Lipinski definition) is 0. The summed E-state index contributed by atoms with van der Waals surface area (Å²) in [5.41, 5.74) is 10.5. The third-order valence-corrected chi connectivity index (χ3v) is 9.63. The lowest BCUT2D eigenvalue weighted by atomic mass is 9.80. The highest BCUT2D eigenvalue weighted by molar-refractivity contribution is 5.78. The number of Topliss-reactive ketones (excluding diaryl/α,β-unsaturated/α-hetero) is 1. The number of fused-ring (bicyclic) bond motifs is 1. The zero-order valence-corrected chi connectivity index (χ0v) is 25.9. The average Bonchev–Trinajstić information content (AvgIpc) is 2.99. The van der Waals surface area contributed by atoms with Crippen molar-refractivity contribution in [3.8, 4) is 0 Å². The average molecular weight is 564 g/mol. The van der Waals surface area contributed by atoms with E-state index in [1.165, 1.54) is 83.4 Å². The number of nitrogens with zero attached hydrogens (tertiary/aromatic N) is 3. The highest BCUT2D eigenvalue weighted by atomic mass is 16.1. The molecule has 0 unspecified atom stereocenters. The van der Waals surface area contributed by atoms with Crippen LogP contribution in [0.1, 0.15) is 128 Å². The Hall–Kier alpha value is -3.14. The molecule has 1 aromatic carbocycles. The normalized spacial score (nSPS) is 18.7. The van der Waals surface area contributed by atoms with Crippen LogP contribution in [0.3, 0.4) is 0 Å². The molecule has 0 atom stereocenters. The van der Waals surface area contributed by atoms with Gasteiger partial charge in [-0.3, -0.25) is 9.78 Å². The third kappa shape index (κ3) is 8.24. The fraction of sp³-hybridized carbons (Fsp3) is 0.526. The van der Waals surface area contributed by atoms with Crippen LogP contribution < -0.4 is 0 Å². The summed E-state index contributed by atoms with van der Waals surface area (Å²) in [4.78, 5) is 26.4. The maximum atomic E-state index is 12.6. The number of carbonyl (C=O) groups is 1. The molecule has 2 heterocycles. The lowest BCUT2D eigenvalue weighted by molar-refractivity contribution is -0.119. The summed E-state index contributed by atoms with van der Waals surface area (Å²) >= 11 is 0. The summed E-state index contributed by atoms with van der Waals surface area (Å²) in [6.45, 7) is 4.31. The highest BCUT2D eigenvalue weighted by Gasteiger charge is 2.21. The summed E-state index contributed by atoms with van der Waals surface area (Å²) in [6.07, 6.45) is 25.3. The molecule has 1 fully saturated rings. The Labute approximate surface area is 253 Å². The van der Waals surface area contributed by atoms with Gasteiger partial charge in [-0.05, 0) is 111 Å². The van der Waals surface area contributed by atoms with Crippen LogP contribution in [0.25, 0.3) is 6.08 Å². The number of carbonyl (C=O) groups excluding carboxylic acids is 1. The summed E-state index contributed by atoms with van der Waals surface area (Å²) in [5, 5.41) is 0. The van der Waals surface area contributed by atoms with E-state index in [9.17, 15) is 4.79 Å². The van der Waals surface area contributed by atoms with Gasteiger partial charge >= 0.3 is 0 Å². The third-order valence-electron chi connectivity index (χ3n) is 9.63. The maximum Gasteiger partial charge on any atom is 0.132 e. The van der Waals surface area contributed by atoms with E-state index in [0.717, 1.165) is 57.3 Å². The first-order chi connectivity index (χ1) is 20.6. The first-order valence-corrected chi connectivity index (χ1v) is 16.6. The van der Waals surface area contributed by atoms with Crippen LogP contribution in [0.15, 0.2) is 48.9 Å². The second-order valence-electron chi connectivity index (χ2n) is 12.6. The van der Waals surface area contributed by atoms with Gasteiger partial charge < -0.3 is 0 Å². The van der Waals surface area contributed by atoms with E-state index in [-0.39, 0.29) is 0 Å². The molecule has 4 nitrogen and oxygen atoms in total.